The molecule has 2 aromatic heterocycles. The van der Waals surface area contributed by atoms with E-state index < -0.39 is 0 Å². The van der Waals surface area contributed by atoms with Gasteiger partial charge >= 0.3 is 0 Å². The molecule has 0 saturated carbocycles. The van der Waals surface area contributed by atoms with Crippen LogP contribution in [0.3, 0.4) is 0 Å². The molecule has 0 bridgehead atoms. The van der Waals surface area contributed by atoms with Crippen LogP contribution in [0.1, 0.15) is 31.2 Å². The summed E-state index contributed by atoms with van der Waals surface area (Å²) in [6.45, 7) is 4.34. The minimum absolute atomic E-state index is 0. The van der Waals surface area contributed by atoms with Gasteiger partial charge in [-0.1, -0.05) is 13.3 Å². The van der Waals surface area contributed by atoms with E-state index in [1.165, 1.54) is 6.20 Å². The lowest BCUT2D eigenvalue weighted by molar-refractivity contribution is 0.266. The topological polar surface area (TPSA) is 111 Å². The molecule has 9 heteroatoms. The summed E-state index contributed by atoms with van der Waals surface area (Å²) in [7, 11) is 1.87. The Balaban J connectivity index is 0.00000288. The summed E-state index contributed by atoms with van der Waals surface area (Å²) in [4.78, 5) is 8.16. The summed E-state index contributed by atoms with van der Waals surface area (Å²) in [5.41, 5.74) is 7.53. The predicted molar refractivity (Wildman–Crippen MR) is 98.5 cm³/mol. The molecule has 24 heavy (non-hydrogen) atoms. The number of aromatic nitrogens is 4. The molecule has 4 N–H and O–H groups in total. The van der Waals surface area contributed by atoms with E-state index in [-0.39, 0.29) is 32.1 Å². The van der Waals surface area contributed by atoms with Crippen molar-refractivity contribution in [1.29, 1.82) is 0 Å². The van der Waals surface area contributed by atoms with Gasteiger partial charge in [-0.25, -0.2) is 4.98 Å². The van der Waals surface area contributed by atoms with Crippen LogP contribution in [0, 0.1) is 6.92 Å². The molecule has 2 heterocycles. The van der Waals surface area contributed by atoms with Crippen LogP contribution in [0.4, 0.5) is 11.8 Å². The quantitative estimate of drug-likeness (QED) is 0.656. The first kappa shape index (κ1) is 20.0. The molecule has 0 unspecified atom stereocenters. The molecule has 0 saturated heterocycles. The largest absolute Gasteiger partial charge is 0.482 e. The van der Waals surface area contributed by atoms with Crippen molar-refractivity contribution in [2.24, 2.45) is 7.05 Å². The van der Waals surface area contributed by atoms with E-state index in [4.69, 9.17) is 10.5 Å². The number of nitrogens with two attached hydrogens (primary N) is 1. The summed E-state index contributed by atoms with van der Waals surface area (Å²) in [6.07, 6.45) is 3.30. The maximum atomic E-state index is 9.44. The normalized spacial score (nSPS) is 11.7. The third-order valence-corrected chi connectivity index (χ3v) is 3.45. The number of aryl methyl sites for hydroxylation is 2. The third kappa shape index (κ3) is 5.27. The highest BCUT2D eigenvalue weighted by Crippen LogP contribution is 2.24. The van der Waals surface area contributed by atoms with Crippen molar-refractivity contribution >= 4 is 25.3 Å². The summed E-state index contributed by atoms with van der Waals surface area (Å²) in [6, 6.07) is 1.86. The number of aliphatic hydroxyl groups excluding tert-OH is 1. The smallest absolute Gasteiger partial charge is 0.222 e. The lowest BCUT2D eigenvalue weighted by atomic mass is 10.2. The van der Waals surface area contributed by atoms with Crippen LogP contribution >= 0.6 is 13.5 Å². The maximum Gasteiger partial charge on any atom is 0.222 e. The molecular weight excluding hydrogens is 328 g/mol. The molecule has 0 amide bonds. The van der Waals surface area contributed by atoms with Gasteiger partial charge in [-0.05, 0) is 19.4 Å². The number of nitrogens with one attached hydrogen (secondary N) is 1. The lowest BCUT2D eigenvalue weighted by Gasteiger charge is -2.18. The van der Waals surface area contributed by atoms with Gasteiger partial charge in [-0.3, -0.25) is 4.68 Å². The van der Waals surface area contributed by atoms with E-state index in [2.05, 4.69) is 27.3 Å². The van der Waals surface area contributed by atoms with Gasteiger partial charge in [-0.2, -0.15) is 23.6 Å². The van der Waals surface area contributed by atoms with E-state index in [0.29, 0.717) is 18.2 Å². The van der Waals surface area contributed by atoms with Crippen molar-refractivity contribution < 1.29 is 9.84 Å². The molecule has 0 aliphatic carbocycles. The second-order valence-electron chi connectivity index (χ2n) is 5.44. The second kappa shape index (κ2) is 9.33. The first-order valence-corrected chi connectivity index (χ1v) is 7.65. The number of ether oxygens (including phenoxy) is 1. The van der Waals surface area contributed by atoms with Crippen LogP contribution in [0.5, 0.6) is 5.75 Å². The van der Waals surface area contributed by atoms with Crippen LogP contribution in [0.25, 0.3) is 0 Å². The van der Waals surface area contributed by atoms with Crippen LogP contribution in [-0.4, -0.2) is 37.5 Å². The average molecular weight is 354 g/mol. The Morgan fingerprint density at radius 3 is 2.79 bits per heavy atom. The average Bonchev–Trinajstić information content (AvgIpc) is 2.83. The van der Waals surface area contributed by atoms with E-state index in [1.807, 2.05) is 20.0 Å². The van der Waals surface area contributed by atoms with Gasteiger partial charge in [0.1, 0.15) is 6.61 Å². The highest BCUT2D eigenvalue weighted by Gasteiger charge is 2.13. The van der Waals surface area contributed by atoms with Crippen LogP contribution < -0.4 is 15.8 Å². The van der Waals surface area contributed by atoms with Crippen molar-refractivity contribution in [3.8, 4) is 5.75 Å². The number of hydrogen-bond donors (Lipinski definition) is 3. The standard InChI is InChI=1S/C15H24N6O2.H2S/c1-4-5-11(8-22)18-14-13(7-17-15(16)19-14)23-9-12-6-10(2)20-21(12)3;/h6-7,11,22H,4-5,8-9H2,1-3H3,(H3,16,17,18,19);1H2/t11-;/m0./s1. The molecule has 134 valence electrons. The first-order valence-electron chi connectivity index (χ1n) is 7.65. The first-order chi connectivity index (χ1) is 11.0. The molecule has 0 aromatic carbocycles. The predicted octanol–water partition coefficient (Wildman–Crippen LogP) is 1.37. The number of anilines is 2. The van der Waals surface area contributed by atoms with Gasteiger partial charge < -0.3 is 20.9 Å². The molecule has 0 spiro atoms. The Bertz CT molecular complexity index is 649. The molecule has 8 nitrogen and oxygen atoms in total. The van der Waals surface area contributed by atoms with E-state index >= 15 is 0 Å². The van der Waals surface area contributed by atoms with Crippen LogP contribution in [0.15, 0.2) is 12.3 Å². The van der Waals surface area contributed by atoms with Crippen molar-refractivity contribution in [2.75, 3.05) is 17.7 Å². The molecule has 1 atom stereocenters. The summed E-state index contributed by atoms with van der Waals surface area (Å²) < 4.78 is 7.58. The van der Waals surface area contributed by atoms with Crippen molar-refractivity contribution in [3.63, 3.8) is 0 Å². The molecule has 0 radical (unpaired) electrons. The molecule has 0 aliphatic heterocycles. The zero-order chi connectivity index (χ0) is 16.8. The zero-order valence-electron chi connectivity index (χ0n) is 14.3. The van der Waals surface area contributed by atoms with Crippen LogP contribution in [0.2, 0.25) is 0 Å². The van der Waals surface area contributed by atoms with Crippen molar-refractivity contribution in [2.45, 2.75) is 39.3 Å². The van der Waals surface area contributed by atoms with Crippen molar-refractivity contribution in [1.82, 2.24) is 19.7 Å². The monoisotopic (exact) mass is 354 g/mol. The highest BCUT2D eigenvalue weighted by atomic mass is 32.1. The number of nitrogens with zero attached hydrogens (tertiary/aromatic N) is 4. The molecule has 0 fully saturated rings. The van der Waals surface area contributed by atoms with Gasteiger partial charge in [0.25, 0.3) is 0 Å². The number of hydrogen-bond acceptors (Lipinski definition) is 7. The van der Waals surface area contributed by atoms with Gasteiger partial charge in [-0.15, -0.1) is 0 Å². The summed E-state index contributed by atoms with van der Waals surface area (Å²) >= 11 is 0. The summed E-state index contributed by atoms with van der Waals surface area (Å²) in [5, 5.41) is 16.9. The lowest BCUT2D eigenvalue weighted by Crippen LogP contribution is -2.24. The van der Waals surface area contributed by atoms with Gasteiger partial charge in [0.15, 0.2) is 11.6 Å². The SMILES string of the molecule is CCC[C@@H](CO)Nc1nc(N)ncc1OCc1cc(C)nn1C.S. The molecular formula is C15H26N6O2S. The Hall–Kier alpha value is -2.00. The Kier molecular flexibility index (Phi) is 7.80. The Morgan fingerprint density at radius 1 is 1.46 bits per heavy atom. The zero-order valence-corrected chi connectivity index (χ0v) is 15.3. The number of nitrogen functional groups attached to an aromatic ring is 1. The van der Waals surface area contributed by atoms with E-state index in [1.54, 1.807) is 4.68 Å². The fraction of sp³-hybridized carbons (Fsp3) is 0.533. The Labute approximate surface area is 148 Å². The fourth-order valence-electron chi connectivity index (χ4n) is 2.30. The molecule has 2 aromatic rings. The maximum absolute atomic E-state index is 9.44. The fourth-order valence-corrected chi connectivity index (χ4v) is 2.30. The van der Waals surface area contributed by atoms with Gasteiger partial charge in [0, 0.05) is 7.05 Å². The summed E-state index contributed by atoms with van der Waals surface area (Å²) in [5.74, 6) is 1.14. The minimum atomic E-state index is -0.101. The minimum Gasteiger partial charge on any atom is -0.482 e. The van der Waals surface area contributed by atoms with Gasteiger partial charge in [0.2, 0.25) is 5.95 Å². The van der Waals surface area contributed by atoms with Gasteiger partial charge in [0.05, 0.1) is 30.2 Å². The molecule has 0 aliphatic rings. The number of rotatable bonds is 8. The Morgan fingerprint density at radius 2 is 2.21 bits per heavy atom. The molecule has 2 rings (SSSR count). The van der Waals surface area contributed by atoms with Crippen LogP contribution in [-0.2, 0) is 13.7 Å². The third-order valence-electron chi connectivity index (χ3n) is 3.45. The van der Waals surface area contributed by atoms with Crippen molar-refractivity contribution in [3.05, 3.63) is 23.7 Å². The number of aliphatic hydroxyl groups is 1. The second-order valence-corrected chi connectivity index (χ2v) is 5.44. The van der Waals surface area contributed by atoms with E-state index in [0.717, 1.165) is 24.2 Å². The highest BCUT2D eigenvalue weighted by molar-refractivity contribution is 7.59. The van der Waals surface area contributed by atoms with E-state index in [9.17, 15) is 5.11 Å².